The molecule has 0 radical (unpaired) electrons. The van der Waals surface area contributed by atoms with Crippen molar-refractivity contribution >= 4 is 41.1 Å². The van der Waals surface area contributed by atoms with Gasteiger partial charge < -0.3 is 31.1 Å². The molecular weight excluding hydrogens is 512 g/mol. The van der Waals surface area contributed by atoms with Gasteiger partial charge in [0, 0.05) is 12.1 Å². The number of amides is 4. The number of anilines is 1. The molecule has 4 amide bonds. The molecule has 0 saturated heterocycles. The lowest BCUT2D eigenvalue weighted by atomic mass is 10.0. The summed E-state index contributed by atoms with van der Waals surface area (Å²) in [7, 11) is 0. The molecule has 2 aromatic rings. The Morgan fingerprint density at radius 1 is 1.16 bits per heavy atom. The standard InChI is InChI=1S/C27H33ClN4O6/c1-6-14-32(25(36)19(15-21(29)34)30-26(37)38-27(3,4)5)23(17-11-7-8-13-20(17)33)24(35)31-22-16(2)10-9-12-18(22)28/h6-13,19,23,33H,1,14-15H2,2-5H3,(H2,29,34)(H,30,37)(H,31,35). The fraction of sp³-hybridized carbons (Fsp3) is 0.333. The van der Waals surface area contributed by atoms with Crippen molar-refractivity contribution in [3.05, 3.63) is 71.3 Å². The first kappa shape index (κ1) is 30.2. The number of ether oxygens (including phenoxy) is 1. The highest BCUT2D eigenvalue weighted by Crippen LogP contribution is 2.33. The molecular formula is C27H33ClN4O6. The van der Waals surface area contributed by atoms with Gasteiger partial charge in [0.05, 0.1) is 17.1 Å². The monoisotopic (exact) mass is 544 g/mol. The molecule has 0 bridgehead atoms. The molecule has 2 atom stereocenters. The highest BCUT2D eigenvalue weighted by Gasteiger charge is 2.37. The first-order valence-electron chi connectivity index (χ1n) is 11.8. The van der Waals surface area contributed by atoms with Crippen LogP contribution in [0.1, 0.15) is 44.4 Å². The fourth-order valence-electron chi connectivity index (χ4n) is 3.66. The number of carbonyl (C=O) groups is 4. The van der Waals surface area contributed by atoms with Crippen molar-refractivity contribution < 1.29 is 29.0 Å². The molecule has 0 aliphatic heterocycles. The van der Waals surface area contributed by atoms with Crippen molar-refractivity contribution in [1.82, 2.24) is 10.2 Å². The van der Waals surface area contributed by atoms with E-state index in [0.717, 1.165) is 4.90 Å². The minimum absolute atomic E-state index is 0.0972. The number of aromatic hydroxyl groups is 1. The molecule has 0 aromatic heterocycles. The molecule has 0 spiro atoms. The second-order valence-corrected chi connectivity index (χ2v) is 9.94. The van der Waals surface area contributed by atoms with Gasteiger partial charge in [-0.15, -0.1) is 6.58 Å². The number of primary amides is 1. The first-order valence-corrected chi connectivity index (χ1v) is 12.2. The zero-order chi connectivity index (χ0) is 28.6. The number of hydrogen-bond acceptors (Lipinski definition) is 6. The second kappa shape index (κ2) is 13.0. The number of nitrogens with two attached hydrogens (primary N) is 1. The lowest BCUT2D eigenvalue weighted by molar-refractivity contribution is -0.141. The largest absolute Gasteiger partial charge is 0.508 e. The average Bonchev–Trinajstić information content (AvgIpc) is 2.80. The Bertz CT molecular complexity index is 1190. The van der Waals surface area contributed by atoms with Gasteiger partial charge in [0.15, 0.2) is 0 Å². The third-order valence-corrected chi connectivity index (χ3v) is 5.58. The summed E-state index contributed by atoms with van der Waals surface area (Å²) in [6, 6.07) is 8.19. The number of phenolic OH excluding ortho intramolecular Hbond substituents is 1. The van der Waals surface area contributed by atoms with E-state index in [2.05, 4.69) is 17.2 Å². The quantitative estimate of drug-likeness (QED) is 0.334. The van der Waals surface area contributed by atoms with Gasteiger partial charge in [0.25, 0.3) is 5.91 Å². The van der Waals surface area contributed by atoms with Crippen LogP contribution >= 0.6 is 11.6 Å². The van der Waals surface area contributed by atoms with Crippen molar-refractivity contribution in [2.45, 2.75) is 51.8 Å². The predicted octanol–water partition coefficient (Wildman–Crippen LogP) is 3.82. The Morgan fingerprint density at radius 2 is 1.82 bits per heavy atom. The smallest absolute Gasteiger partial charge is 0.408 e. The van der Waals surface area contributed by atoms with E-state index in [0.29, 0.717) is 11.3 Å². The molecule has 204 valence electrons. The number of hydrogen-bond donors (Lipinski definition) is 4. The average molecular weight is 545 g/mol. The van der Waals surface area contributed by atoms with E-state index in [4.69, 9.17) is 22.1 Å². The SMILES string of the molecule is C=CCN(C(=O)C(CC(N)=O)NC(=O)OC(C)(C)C)C(C(=O)Nc1c(C)cccc1Cl)c1ccccc1O. The van der Waals surface area contributed by atoms with Crippen LogP contribution in [0.3, 0.4) is 0 Å². The number of halogens is 1. The van der Waals surface area contributed by atoms with Gasteiger partial charge in [-0.3, -0.25) is 14.4 Å². The molecule has 0 aliphatic rings. The Morgan fingerprint density at radius 3 is 2.37 bits per heavy atom. The van der Waals surface area contributed by atoms with Crippen molar-refractivity contribution in [2.75, 3.05) is 11.9 Å². The van der Waals surface area contributed by atoms with Crippen LogP contribution in [0.2, 0.25) is 5.02 Å². The molecule has 0 heterocycles. The van der Waals surface area contributed by atoms with Crippen LogP contribution in [0.15, 0.2) is 55.1 Å². The topological polar surface area (TPSA) is 151 Å². The Labute approximate surface area is 226 Å². The number of benzene rings is 2. The van der Waals surface area contributed by atoms with Crippen molar-refractivity contribution in [1.29, 1.82) is 0 Å². The van der Waals surface area contributed by atoms with Crippen LogP contribution in [-0.2, 0) is 19.1 Å². The molecule has 2 rings (SSSR count). The summed E-state index contributed by atoms with van der Waals surface area (Å²) in [6.45, 7) is 10.1. The van der Waals surface area contributed by atoms with E-state index >= 15 is 0 Å². The highest BCUT2D eigenvalue weighted by atomic mass is 35.5. The summed E-state index contributed by atoms with van der Waals surface area (Å²) in [5.74, 6) is -2.65. The second-order valence-electron chi connectivity index (χ2n) is 9.53. The van der Waals surface area contributed by atoms with Crippen LogP contribution in [0.4, 0.5) is 10.5 Å². The molecule has 0 saturated carbocycles. The van der Waals surface area contributed by atoms with Crippen molar-refractivity contribution in [3.63, 3.8) is 0 Å². The maximum Gasteiger partial charge on any atom is 0.408 e. The number of carbonyl (C=O) groups excluding carboxylic acids is 4. The predicted molar refractivity (Wildman–Crippen MR) is 145 cm³/mol. The lowest BCUT2D eigenvalue weighted by Crippen LogP contribution is -2.53. The number of nitrogens with one attached hydrogen (secondary N) is 2. The van der Waals surface area contributed by atoms with Gasteiger partial charge >= 0.3 is 6.09 Å². The highest BCUT2D eigenvalue weighted by molar-refractivity contribution is 6.34. The van der Waals surface area contributed by atoms with E-state index in [-0.39, 0.29) is 22.9 Å². The summed E-state index contributed by atoms with van der Waals surface area (Å²) >= 11 is 6.30. The third-order valence-electron chi connectivity index (χ3n) is 5.26. The van der Waals surface area contributed by atoms with Gasteiger partial charge in [-0.1, -0.05) is 48.0 Å². The van der Waals surface area contributed by atoms with Gasteiger partial charge in [-0.25, -0.2) is 4.79 Å². The zero-order valence-corrected chi connectivity index (χ0v) is 22.5. The number of nitrogens with zero attached hydrogens (tertiary/aromatic N) is 1. The minimum Gasteiger partial charge on any atom is -0.508 e. The maximum absolute atomic E-state index is 13.8. The summed E-state index contributed by atoms with van der Waals surface area (Å²) in [4.78, 5) is 52.9. The number of alkyl carbamates (subject to hydrolysis) is 1. The van der Waals surface area contributed by atoms with Crippen LogP contribution < -0.4 is 16.4 Å². The molecule has 0 fully saturated rings. The summed E-state index contributed by atoms with van der Waals surface area (Å²) < 4.78 is 5.23. The molecule has 10 nitrogen and oxygen atoms in total. The third kappa shape index (κ3) is 8.24. The van der Waals surface area contributed by atoms with Gasteiger partial charge in [-0.05, 0) is 45.4 Å². The first-order chi connectivity index (χ1) is 17.7. The normalized spacial score (nSPS) is 12.6. The Hall–Kier alpha value is -4.05. The number of phenols is 1. The molecule has 2 unspecified atom stereocenters. The Kier molecular flexibility index (Phi) is 10.3. The summed E-state index contributed by atoms with van der Waals surface area (Å²) in [5.41, 5.74) is 5.57. The molecule has 0 aliphatic carbocycles. The van der Waals surface area contributed by atoms with Gasteiger partial charge in [0.2, 0.25) is 11.8 Å². The van der Waals surface area contributed by atoms with E-state index in [1.165, 1.54) is 18.2 Å². The summed E-state index contributed by atoms with van der Waals surface area (Å²) in [6.07, 6.45) is -0.149. The minimum atomic E-state index is -1.47. The van der Waals surface area contributed by atoms with Crippen molar-refractivity contribution in [2.24, 2.45) is 5.73 Å². The molecule has 2 aromatic carbocycles. The van der Waals surface area contributed by atoms with E-state index < -0.39 is 47.9 Å². The van der Waals surface area contributed by atoms with Crippen LogP contribution in [-0.4, -0.2) is 52.0 Å². The van der Waals surface area contributed by atoms with Gasteiger partial charge in [0.1, 0.15) is 23.4 Å². The lowest BCUT2D eigenvalue weighted by Gasteiger charge is -2.34. The van der Waals surface area contributed by atoms with E-state index in [1.807, 2.05) is 0 Å². The Balaban J connectivity index is 2.57. The molecule has 11 heteroatoms. The van der Waals surface area contributed by atoms with E-state index in [1.54, 1.807) is 58.0 Å². The van der Waals surface area contributed by atoms with E-state index in [9.17, 15) is 24.3 Å². The number of para-hydroxylation sites is 2. The number of aryl methyl sites for hydroxylation is 1. The van der Waals surface area contributed by atoms with Crippen LogP contribution in [0, 0.1) is 6.92 Å². The zero-order valence-electron chi connectivity index (χ0n) is 21.8. The molecule has 5 N–H and O–H groups in total. The van der Waals surface area contributed by atoms with Crippen molar-refractivity contribution in [3.8, 4) is 5.75 Å². The van der Waals surface area contributed by atoms with Crippen LogP contribution in [0.25, 0.3) is 0 Å². The van der Waals surface area contributed by atoms with Gasteiger partial charge in [-0.2, -0.15) is 0 Å². The fourth-order valence-corrected chi connectivity index (χ4v) is 3.93. The number of rotatable bonds is 10. The van der Waals surface area contributed by atoms with Crippen LogP contribution in [0.5, 0.6) is 5.75 Å². The molecule has 38 heavy (non-hydrogen) atoms. The maximum atomic E-state index is 13.8. The summed E-state index contributed by atoms with van der Waals surface area (Å²) in [5, 5.41) is 16.0.